The molecule has 23 heavy (non-hydrogen) atoms. The highest BCUT2D eigenvalue weighted by Gasteiger charge is 2.17. The Labute approximate surface area is 135 Å². The molecule has 1 amide bonds. The second kappa shape index (κ2) is 7.87. The van der Waals surface area contributed by atoms with Crippen molar-refractivity contribution in [3.63, 3.8) is 0 Å². The van der Waals surface area contributed by atoms with Gasteiger partial charge in [0.15, 0.2) is 5.69 Å². The van der Waals surface area contributed by atoms with Crippen molar-refractivity contribution in [2.45, 2.75) is 39.9 Å². The van der Waals surface area contributed by atoms with E-state index in [1.807, 2.05) is 31.7 Å². The number of aromatic nitrogens is 1. The van der Waals surface area contributed by atoms with E-state index in [0.717, 1.165) is 0 Å². The molecular weight excluding hydrogens is 297 g/mol. The van der Waals surface area contributed by atoms with Crippen LogP contribution >= 0.6 is 0 Å². The van der Waals surface area contributed by atoms with Gasteiger partial charge >= 0.3 is 0 Å². The second-order valence-electron chi connectivity index (χ2n) is 5.58. The molecule has 0 unspecified atom stereocenters. The lowest BCUT2D eigenvalue weighted by Crippen LogP contribution is -2.30. The smallest absolute Gasteiger partial charge is 0.273 e. The van der Waals surface area contributed by atoms with Gasteiger partial charge in [0.05, 0.1) is 6.54 Å². The molecule has 0 saturated heterocycles. The summed E-state index contributed by atoms with van der Waals surface area (Å²) >= 11 is 0. The predicted octanol–water partition coefficient (Wildman–Crippen LogP) is 2.97. The zero-order valence-corrected chi connectivity index (χ0v) is 13.7. The Morgan fingerprint density at radius 2 is 2.09 bits per heavy atom. The van der Waals surface area contributed by atoms with Gasteiger partial charge < -0.3 is 9.73 Å². The maximum Gasteiger partial charge on any atom is 0.273 e. The molecule has 0 aliphatic rings. The SMILES string of the molecule is CCNC(=O)c1coc(CN(Cc2ccccc2F)C(C)C)n1. The number of carbonyl (C=O) groups is 1. The van der Waals surface area contributed by atoms with Gasteiger partial charge in [-0.15, -0.1) is 0 Å². The van der Waals surface area contributed by atoms with E-state index in [1.165, 1.54) is 12.3 Å². The number of benzene rings is 1. The fraction of sp³-hybridized carbons (Fsp3) is 0.412. The third-order valence-electron chi connectivity index (χ3n) is 3.52. The highest BCUT2D eigenvalue weighted by Crippen LogP contribution is 2.15. The molecule has 0 spiro atoms. The van der Waals surface area contributed by atoms with Crippen molar-refractivity contribution in [2.75, 3.05) is 6.54 Å². The van der Waals surface area contributed by atoms with Crippen LogP contribution in [0.3, 0.4) is 0 Å². The summed E-state index contributed by atoms with van der Waals surface area (Å²) in [5.74, 6) is -0.0439. The summed E-state index contributed by atoms with van der Waals surface area (Å²) in [5.41, 5.74) is 0.883. The standard InChI is InChI=1S/C17H22FN3O2/c1-4-19-17(22)15-11-23-16(20-15)10-21(12(2)3)9-13-7-5-6-8-14(13)18/h5-8,11-12H,4,9-10H2,1-3H3,(H,19,22). The fourth-order valence-corrected chi connectivity index (χ4v) is 2.18. The van der Waals surface area contributed by atoms with Crippen LogP contribution in [0.2, 0.25) is 0 Å². The van der Waals surface area contributed by atoms with Gasteiger partial charge in [0.1, 0.15) is 12.1 Å². The van der Waals surface area contributed by atoms with E-state index in [-0.39, 0.29) is 23.5 Å². The first kappa shape index (κ1) is 17.1. The lowest BCUT2D eigenvalue weighted by Gasteiger charge is -2.25. The van der Waals surface area contributed by atoms with Crippen molar-refractivity contribution in [2.24, 2.45) is 0 Å². The molecule has 1 N–H and O–H groups in total. The summed E-state index contributed by atoms with van der Waals surface area (Å²) in [5, 5.41) is 2.67. The van der Waals surface area contributed by atoms with Crippen molar-refractivity contribution in [1.82, 2.24) is 15.2 Å². The summed E-state index contributed by atoms with van der Waals surface area (Å²) in [6, 6.07) is 6.88. The van der Waals surface area contributed by atoms with Crippen LogP contribution in [0.1, 0.15) is 42.7 Å². The molecule has 1 heterocycles. The van der Waals surface area contributed by atoms with E-state index in [1.54, 1.807) is 12.1 Å². The second-order valence-corrected chi connectivity index (χ2v) is 5.58. The molecule has 124 valence electrons. The van der Waals surface area contributed by atoms with Crippen LogP contribution < -0.4 is 5.32 Å². The Morgan fingerprint density at radius 3 is 2.74 bits per heavy atom. The molecule has 1 aromatic carbocycles. The van der Waals surface area contributed by atoms with E-state index in [9.17, 15) is 9.18 Å². The molecule has 0 aliphatic carbocycles. The molecule has 0 saturated carbocycles. The normalized spacial score (nSPS) is 11.2. The maximum absolute atomic E-state index is 13.8. The predicted molar refractivity (Wildman–Crippen MR) is 85.3 cm³/mol. The zero-order chi connectivity index (χ0) is 16.8. The molecule has 0 fully saturated rings. The van der Waals surface area contributed by atoms with Crippen molar-refractivity contribution in [3.05, 3.63) is 53.5 Å². The summed E-state index contributed by atoms with van der Waals surface area (Å²) in [6.45, 7) is 7.28. The Hall–Kier alpha value is -2.21. The summed E-state index contributed by atoms with van der Waals surface area (Å²) < 4.78 is 19.2. The fourth-order valence-electron chi connectivity index (χ4n) is 2.18. The molecule has 2 aromatic rings. The molecule has 2 rings (SSSR count). The first-order chi connectivity index (χ1) is 11.0. The summed E-state index contributed by atoms with van der Waals surface area (Å²) in [6.07, 6.45) is 1.35. The quantitative estimate of drug-likeness (QED) is 0.852. The van der Waals surface area contributed by atoms with E-state index in [0.29, 0.717) is 31.1 Å². The van der Waals surface area contributed by atoms with Gasteiger partial charge in [-0.2, -0.15) is 0 Å². The van der Waals surface area contributed by atoms with Gasteiger partial charge in [-0.3, -0.25) is 9.69 Å². The number of hydrogen-bond acceptors (Lipinski definition) is 4. The van der Waals surface area contributed by atoms with Crippen LogP contribution in [0, 0.1) is 5.82 Å². The summed E-state index contributed by atoms with van der Waals surface area (Å²) in [7, 11) is 0. The Balaban J connectivity index is 2.08. The van der Waals surface area contributed by atoms with Crippen molar-refractivity contribution in [3.8, 4) is 0 Å². The highest BCUT2D eigenvalue weighted by atomic mass is 19.1. The zero-order valence-electron chi connectivity index (χ0n) is 13.7. The molecule has 0 aliphatic heterocycles. The number of oxazole rings is 1. The average Bonchev–Trinajstić information content (AvgIpc) is 2.97. The lowest BCUT2D eigenvalue weighted by molar-refractivity contribution is 0.0950. The summed E-state index contributed by atoms with van der Waals surface area (Å²) in [4.78, 5) is 18.0. The molecule has 1 aromatic heterocycles. The Kier molecular flexibility index (Phi) is 5.87. The minimum absolute atomic E-state index is 0.175. The molecule has 0 atom stereocenters. The third kappa shape index (κ3) is 4.63. The van der Waals surface area contributed by atoms with E-state index < -0.39 is 0 Å². The number of nitrogens with one attached hydrogen (secondary N) is 1. The van der Waals surface area contributed by atoms with Crippen molar-refractivity contribution >= 4 is 5.91 Å². The Morgan fingerprint density at radius 1 is 1.35 bits per heavy atom. The van der Waals surface area contributed by atoms with Gasteiger partial charge in [-0.05, 0) is 26.8 Å². The van der Waals surface area contributed by atoms with Gasteiger partial charge in [0.25, 0.3) is 5.91 Å². The van der Waals surface area contributed by atoms with Gasteiger partial charge in [0.2, 0.25) is 5.89 Å². The van der Waals surface area contributed by atoms with E-state index in [4.69, 9.17) is 4.42 Å². The van der Waals surface area contributed by atoms with Gasteiger partial charge in [-0.25, -0.2) is 9.37 Å². The molecule has 0 radical (unpaired) electrons. The van der Waals surface area contributed by atoms with Crippen LogP contribution in [0.25, 0.3) is 0 Å². The molecule has 6 heteroatoms. The number of rotatable bonds is 7. The minimum atomic E-state index is -0.257. The molecule has 0 bridgehead atoms. The number of halogens is 1. The Bertz CT molecular complexity index is 655. The third-order valence-corrected chi connectivity index (χ3v) is 3.52. The topological polar surface area (TPSA) is 58.4 Å². The highest BCUT2D eigenvalue weighted by molar-refractivity contribution is 5.91. The van der Waals surface area contributed by atoms with Crippen LogP contribution in [0.5, 0.6) is 0 Å². The van der Waals surface area contributed by atoms with E-state index >= 15 is 0 Å². The van der Waals surface area contributed by atoms with Crippen molar-refractivity contribution in [1.29, 1.82) is 0 Å². The number of nitrogens with zero attached hydrogens (tertiary/aromatic N) is 2. The van der Waals surface area contributed by atoms with Crippen LogP contribution in [0.4, 0.5) is 4.39 Å². The largest absolute Gasteiger partial charge is 0.447 e. The number of hydrogen-bond donors (Lipinski definition) is 1. The number of carbonyl (C=O) groups excluding carboxylic acids is 1. The maximum atomic E-state index is 13.8. The van der Waals surface area contributed by atoms with Gasteiger partial charge in [-0.1, -0.05) is 18.2 Å². The minimum Gasteiger partial charge on any atom is -0.447 e. The first-order valence-electron chi connectivity index (χ1n) is 7.71. The van der Waals surface area contributed by atoms with E-state index in [2.05, 4.69) is 10.3 Å². The van der Waals surface area contributed by atoms with Gasteiger partial charge in [0, 0.05) is 24.7 Å². The average molecular weight is 319 g/mol. The molecular formula is C17H22FN3O2. The van der Waals surface area contributed by atoms with Crippen molar-refractivity contribution < 1.29 is 13.6 Å². The van der Waals surface area contributed by atoms with Crippen LogP contribution in [-0.2, 0) is 13.1 Å². The van der Waals surface area contributed by atoms with Crippen LogP contribution in [-0.4, -0.2) is 28.4 Å². The first-order valence-corrected chi connectivity index (χ1v) is 7.71. The molecule has 5 nitrogen and oxygen atoms in total. The van der Waals surface area contributed by atoms with Crippen LogP contribution in [0.15, 0.2) is 34.9 Å². The number of amides is 1. The lowest BCUT2D eigenvalue weighted by atomic mass is 10.1. The monoisotopic (exact) mass is 319 g/mol.